The molecule has 5 heteroatoms. The molecule has 0 aliphatic carbocycles. The van der Waals surface area contributed by atoms with E-state index in [1.165, 1.54) is 0 Å². The Morgan fingerprint density at radius 3 is 2.52 bits per heavy atom. The molecular weight excluding hydrogens is 266 g/mol. The summed E-state index contributed by atoms with van der Waals surface area (Å²) in [6.07, 6.45) is 3.90. The first kappa shape index (κ1) is 15.4. The first-order valence-electron chi connectivity index (χ1n) is 7.37. The number of unbranched alkanes of at least 4 members (excludes halogenated alkanes) is 1. The highest BCUT2D eigenvalue weighted by atomic mass is 16.5. The fraction of sp³-hybridized carbons (Fsp3) is 0.500. The van der Waals surface area contributed by atoms with Gasteiger partial charge in [-0.25, -0.2) is 9.97 Å². The molecule has 21 heavy (non-hydrogen) atoms. The van der Waals surface area contributed by atoms with Crippen LogP contribution in [0.15, 0.2) is 18.5 Å². The average Bonchev–Trinajstić information content (AvgIpc) is 2.54. The first-order chi connectivity index (χ1) is 10.3. The van der Waals surface area contributed by atoms with Crippen LogP contribution in [0.3, 0.4) is 0 Å². The Balaban J connectivity index is 2.55. The summed E-state index contributed by atoms with van der Waals surface area (Å²) in [6, 6.07) is 3.91. The van der Waals surface area contributed by atoms with Gasteiger partial charge in [-0.2, -0.15) is 0 Å². The first-order valence-corrected chi connectivity index (χ1v) is 7.37. The predicted molar refractivity (Wildman–Crippen MR) is 85.4 cm³/mol. The van der Waals surface area contributed by atoms with Crippen molar-refractivity contribution >= 4 is 16.7 Å². The maximum atomic E-state index is 5.47. The van der Waals surface area contributed by atoms with E-state index in [-0.39, 0.29) is 0 Å². The van der Waals surface area contributed by atoms with Crippen LogP contribution < -0.4 is 14.4 Å². The van der Waals surface area contributed by atoms with Crippen molar-refractivity contribution in [1.82, 2.24) is 9.97 Å². The van der Waals surface area contributed by atoms with Crippen LogP contribution in [-0.4, -0.2) is 37.3 Å². The highest BCUT2D eigenvalue weighted by molar-refractivity contribution is 5.95. The van der Waals surface area contributed by atoms with Gasteiger partial charge in [-0.3, -0.25) is 0 Å². The minimum atomic E-state index is 0.658. The van der Waals surface area contributed by atoms with Gasteiger partial charge in [0.1, 0.15) is 17.7 Å². The molecule has 0 unspecified atom stereocenters. The Hall–Kier alpha value is -2.04. The minimum absolute atomic E-state index is 0.658. The molecule has 0 N–H and O–H groups in total. The Labute approximate surface area is 125 Å². The van der Waals surface area contributed by atoms with E-state index in [2.05, 4.69) is 28.7 Å². The van der Waals surface area contributed by atoms with Gasteiger partial charge in [0.05, 0.1) is 14.2 Å². The van der Waals surface area contributed by atoms with Crippen molar-refractivity contribution in [1.29, 1.82) is 0 Å². The molecule has 0 fully saturated rings. The lowest BCUT2D eigenvalue weighted by molar-refractivity contribution is 0.358. The van der Waals surface area contributed by atoms with Crippen molar-refractivity contribution in [3.05, 3.63) is 18.5 Å². The summed E-state index contributed by atoms with van der Waals surface area (Å²) in [5, 5.41) is 0.994. The number of nitrogens with zero attached hydrogens (tertiary/aromatic N) is 3. The number of hydrogen-bond donors (Lipinski definition) is 0. The molecule has 1 aromatic heterocycles. The van der Waals surface area contributed by atoms with E-state index >= 15 is 0 Å². The molecule has 0 atom stereocenters. The van der Waals surface area contributed by atoms with Crippen molar-refractivity contribution in [3.63, 3.8) is 0 Å². The van der Waals surface area contributed by atoms with Crippen LogP contribution in [0, 0.1) is 0 Å². The molecule has 0 spiro atoms. The van der Waals surface area contributed by atoms with Crippen LogP contribution in [0.4, 0.5) is 5.82 Å². The standard InChI is InChI=1S/C16H23N3O2/c1-5-7-10-19(6-2)16-12-8-9-13(20-3)15(21-4)14(12)17-11-18-16/h8-9,11H,5-7,10H2,1-4H3. The van der Waals surface area contributed by atoms with Gasteiger partial charge in [0, 0.05) is 18.5 Å². The van der Waals surface area contributed by atoms with Crippen LogP contribution in [0.5, 0.6) is 11.5 Å². The third-order valence-electron chi connectivity index (χ3n) is 3.59. The lowest BCUT2D eigenvalue weighted by atomic mass is 10.2. The third kappa shape index (κ3) is 3.01. The van der Waals surface area contributed by atoms with Gasteiger partial charge < -0.3 is 14.4 Å². The number of fused-ring (bicyclic) bond motifs is 1. The molecule has 0 radical (unpaired) electrons. The summed E-state index contributed by atoms with van der Waals surface area (Å²) < 4.78 is 10.8. The molecular formula is C16H23N3O2. The lowest BCUT2D eigenvalue weighted by Gasteiger charge is -2.23. The Morgan fingerprint density at radius 2 is 1.90 bits per heavy atom. The smallest absolute Gasteiger partial charge is 0.187 e. The number of hydrogen-bond acceptors (Lipinski definition) is 5. The van der Waals surface area contributed by atoms with E-state index in [9.17, 15) is 0 Å². The van der Waals surface area contributed by atoms with Gasteiger partial charge in [-0.15, -0.1) is 0 Å². The van der Waals surface area contributed by atoms with Crippen molar-refractivity contribution in [2.75, 3.05) is 32.2 Å². The van der Waals surface area contributed by atoms with E-state index in [1.807, 2.05) is 12.1 Å². The fourth-order valence-electron chi connectivity index (χ4n) is 2.44. The van der Waals surface area contributed by atoms with Crippen LogP contribution in [0.1, 0.15) is 26.7 Å². The lowest BCUT2D eigenvalue weighted by Crippen LogP contribution is -2.25. The molecule has 0 bridgehead atoms. The quantitative estimate of drug-likeness (QED) is 0.783. The SMILES string of the molecule is CCCCN(CC)c1ncnc2c(OC)c(OC)ccc12. The number of benzene rings is 1. The molecule has 114 valence electrons. The molecule has 2 aromatic rings. The highest BCUT2D eigenvalue weighted by Crippen LogP contribution is 2.36. The molecule has 0 saturated carbocycles. The Bertz CT molecular complexity index is 601. The predicted octanol–water partition coefficient (Wildman–Crippen LogP) is 3.27. The number of anilines is 1. The van der Waals surface area contributed by atoms with E-state index in [0.717, 1.165) is 42.7 Å². The number of rotatable bonds is 7. The van der Waals surface area contributed by atoms with Crippen molar-refractivity contribution in [2.24, 2.45) is 0 Å². The molecule has 2 rings (SSSR count). The van der Waals surface area contributed by atoms with E-state index in [1.54, 1.807) is 20.5 Å². The van der Waals surface area contributed by atoms with Crippen LogP contribution in [-0.2, 0) is 0 Å². The maximum Gasteiger partial charge on any atom is 0.187 e. The second-order valence-corrected chi connectivity index (χ2v) is 4.83. The van der Waals surface area contributed by atoms with Gasteiger partial charge >= 0.3 is 0 Å². The van der Waals surface area contributed by atoms with E-state index in [0.29, 0.717) is 11.5 Å². The zero-order valence-corrected chi connectivity index (χ0v) is 13.2. The highest BCUT2D eigenvalue weighted by Gasteiger charge is 2.16. The summed E-state index contributed by atoms with van der Waals surface area (Å²) in [4.78, 5) is 11.1. The molecule has 0 aliphatic heterocycles. The Morgan fingerprint density at radius 1 is 1.10 bits per heavy atom. The number of aromatic nitrogens is 2. The van der Waals surface area contributed by atoms with Gasteiger partial charge in [0.25, 0.3) is 0 Å². The molecule has 1 aromatic carbocycles. The zero-order valence-electron chi connectivity index (χ0n) is 13.2. The Kier molecular flexibility index (Phi) is 5.20. The second kappa shape index (κ2) is 7.11. The average molecular weight is 289 g/mol. The van der Waals surface area contributed by atoms with Gasteiger partial charge in [0.2, 0.25) is 0 Å². The van der Waals surface area contributed by atoms with Gasteiger partial charge in [-0.05, 0) is 25.5 Å². The minimum Gasteiger partial charge on any atom is -0.493 e. The number of ether oxygens (including phenoxy) is 2. The van der Waals surface area contributed by atoms with Crippen LogP contribution in [0.2, 0.25) is 0 Å². The molecule has 0 amide bonds. The van der Waals surface area contributed by atoms with E-state index < -0.39 is 0 Å². The van der Waals surface area contributed by atoms with Crippen molar-refractivity contribution < 1.29 is 9.47 Å². The summed E-state index contributed by atoms with van der Waals surface area (Å²) in [7, 11) is 3.26. The summed E-state index contributed by atoms with van der Waals surface area (Å²) in [5.41, 5.74) is 0.789. The van der Waals surface area contributed by atoms with Crippen LogP contribution in [0.25, 0.3) is 10.9 Å². The normalized spacial score (nSPS) is 10.7. The third-order valence-corrected chi connectivity index (χ3v) is 3.59. The molecule has 5 nitrogen and oxygen atoms in total. The summed E-state index contributed by atoms with van der Waals surface area (Å²) in [5.74, 6) is 2.30. The van der Waals surface area contributed by atoms with Gasteiger partial charge in [-0.1, -0.05) is 13.3 Å². The van der Waals surface area contributed by atoms with Crippen LogP contribution >= 0.6 is 0 Å². The summed E-state index contributed by atoms with van der Waals surface area (Å²) in [6.45, 7) is 6.25. The van der Waals surface area contributed by atoms with Crippen molar-refractivity contribution in [2.45, 2.75) is 26.7 Å². The molecule has 0 saturated heterocycles. The van der Waals surface area contributed by atoms with Crippen molar-refractivity contribution in [3.8, 4) is 11.5 Å². The molecule has 0 aliphatic rings. The monoisotopic (exact) mass is 289 g/mol. The zero-order chi connectivity index (χ0) is 15.2. The van der Waals surface area contributed by atoms with Gasteiger partial charge in [0.15, 0.2) is 11.5 Å². The second-order valence-electron chi connectivity index (χ2n) is 4.83. The summed E-state index contributed by atoms with van der Waals surface area (Å²) >= 11 is 0. The maximum absolute atomic E-state index is 5.47. The topological polar surface area (TPSA) is 47.5 Å². The number of methoxy groups -OCH3 is 2. The fourth-order valence-corrected chi connectivity index (χ4v) is 2.44. The van der Waals surface area contributed by atoms with E-state index in [4.69, 9.17) is 9.47 Å². The molecule has 1 heterocycles. The largest absolute Gasteiger partial charge is 0.493 e.